The van der Waals surface area contributed by atoms with E-state index in [4.69, 9.17) is 0 Å². The maximum absolute atomic E-state index is 2.52. The fourth-order valence-electron chi connectivity index (χ4n) is 10.6. The van der Waals surface area contributed by atoms with Crippen molar-refractivity contribution in [1.29, 1.82) is 0 Å². The molecule has 0 fully saturated rings. The minimum absolute atomic E-state index is 0.156. The van der Waals surface area contributed by atoms with E-state index in [0.717, 1.165) is 33.9 Å². The normalized spacial score (nSPS) is 12.6. The van der Waals surface area contributed by atoms with Crippen LogP contribution in [0, 0.1) is 0 Å². The number of para-hydroxylation sites is 3. The van der Waals surface area contributed by atoms with E-state index < -0.39 is 0 Å². The van der Waals surface area contributed by atoms with Crippen LogP contribution in [-0.4, -0.2) is 4.57 Å². The van der Waals surface area contributed by atoms with Crippen LogP contribution in [0.25, 0.3) is 83.1 Å². The first-order valence-electron chi connectivity index (χ1n) is 22.6. The fraction of sp³-hybridized carbons (Fsp3) is 0.0476. The third-order valence-corrected chi connectivity index (χ3v) is 13.6. The third-order valence-electron chi connectivity index (χ3n) is 13.6. The Balaban J connectivity index is 1.08. The second kappa shape index (κ2) is 15.6. The summed E-state index contributed by atoms with van der Waals surface area (Å²) in [6.07, 6.45) is 0. The summed E-state index contributed by atoms with van der Waals surface area (Å²) in [4.78, 5) is 2.52. The zero-order valence-corrected chi connectivity index (χ0v) is 36.5. The Labute approximate surface area is 381 Å². The molecule has 65 heavy (non-hydrogen) atoms. The summed E-state index contributed by atoms with van der Waals surface area (Å²) < 4.78 is 2.38. The lowest BCUT2D eigenvalue weighted by Gasteiger charge is -2.31. The third kappa shape index (κ3) is 6.32. The predicted molar refractivity (Wildman–Crippen MR) is 275 cm³/mol. The highest BCUT2D eigenvalue weighted by atomic mass is 15.1. The molecule has 0 amide bonds. The second-order valence-corrected chi connectivity index (χ2v) is 17.7. The minimum Gasteiger partial charge on any atom is -0.309 e. The van der Waals surface area contributed by atoms with Gasteiger partial charge in [-0.15, -0.1) is 0 Å². The first-order chi connectivity index (χ1) is 32.0. The number of aromatic nitrogens is 1. The maximum Gasteiger partial charge on any atom is 0.0543 e. The number of hydrogen-bond acceptors (Lipinski definition) is 1. The zero-order chi connectivity index (χ0) is 43.5. The Kier molecular flexibility index (Phi) is 9.21. The summed E-state index contributed by atoms with van der Waals surface area (Å²) in [5, 5.41) is 2.48. The van der Waals surface area contributed by atoms with Crippen LogP contribution in [0.3, 0.4) is 0 Å². The van der Waals surface area contributed by atoms with Gasteiger partial charge in [-0.05, 0) is 110 Å². The van der Waals surface area contributed by atoms with E-state index in [1.54, 1.807) is 0 Å². The zero-order valence-electron chi connectivity index (χ0n) is 36.5. The van der Waals surface area contributed by atoms with Gasteiger partial charge in [-0.1, -0.05) is 202 Å². The van der Waals surface area contributed by atoms with E-state index in [1.807, 2.05) is 0 Å². The molecular formula is C63H46N2. The van der Waals surface area contributed by atoms with Crippen molar-refractivity contribution < 1.29 is 0 Å². The molecule has 308 valence electrons. The molecular weight excluding hydrogens is 785 g/mol. The molecule has 0 spiro atoms. The number of rotatable bonds is 8. The number of fused-ring (bicyclic) bond motifs is 6. The summed E-state index contributed by atoms with van der Waals surface area (Å²) in [6.45, 7) is 4.73. The Morgan fingerprint density at radius 2 is 0.862 bits per heavy atom. The molecule has 1 aliphatic carbocycles. The Bertz CT molecular complexity index is 3580. The molecule has 0 radical (unpaired) electrons. The molecule has 0 saturated heterocycles. The Morgan fingerprint density at radius 3 is 1.65 bits per heavy atom. The molecule has 2 heteroatoms. The lowest BCUT2D eigenvalue weighted by Crippen LogP contribution is -2.16. The summed E-state index contributed by atoms with van der Waals surface area (Å²) in [5.41, 5.74) is 21.5. The van der Waals surface area contributed by atoms with E-state index in [0.29, 0.717) is 0 Å². The van der Waals surface area contributed by atoms with E-state index in [1.165, 1.54) is 77.4 Å². The van der Waals surface area contributed by atoms with Crippen molar-refractivity contribution in [2.45, 2.75) is 19.3 Å². The van der Waals surface area contributed by atoms with Gasteiger partial charge in [0.05, 0.1) is 22.4 Å². The lowest BCUT2D eigenvalue weighted by molar-refractivity contribution is 0.660. The van der Waals surface area contributed by atoms with Crippen LogP contribution < -0.4 is 4.90 Å². The molecule has 12 rings (SSSR count). The SMILES string of the molecule is CC1(C)c2ccccc2-c2c(N(c3cccc(-c4ccc5c(c4)c4ccccc4n5-c4ccccc4)c3)c3ccccc3-c3ccccc3-c3ccccc3-c3ccccc3)cccc21. The molecule has 1 heterocycles. The number of benzene rings is 10. The highest BCUT2D eigenvalue weighted by Crippen LogP contribution is 2.55. The van der Waals surface area contributed by atoms with Gasteiger partial charge in [0.1, 0.15) is 0 Å². The van der Waals surface area contributed by atoms with Crippen molar-refractivity contribution in [3.8, 4) is 61.3 Å². The average Bonchev–Trinajstić information content (AvgIpc) is 3.83. The quantitative estimate of drug-likeness (QED) is 0.148. The molecule has 0 saturated carbocycles. The van der Waals surface area contributed by atoms with Gasteiger partial charge < -0.3 is 9.47 Å². The molecule has 1 aromatic heterocycles. The molecule has 2 nitrogen and oxygen atoms in total. The van der Waals surface area contributed by atoms with Gasteiger partial charge in [-0.3, -0.25) is 0 Å². The topological polar surface area (TPSA) is 8.17 Å². The average molecular weight is 831 g/mol. The summed E-state index contributed by atoms with van der Waals surface area (Å²) in [6, 6.07) is 88.9. The molecule has 0 aliphatic heterocycles. The first-order valence-corrected chi connectivity index (χ1v) is 22.6. The van der Waals surface area contributed by atoms with Gasteiger partial charge in [0.15, 0.2) is 0 Å². The second-order valence-electron chi connectivity index (χ2n) is 17.7. The Hall–Kier alpha value is -8.20. The molecule has 1 aliphatic rings. The van der Waals surface area contributed by atoms with Gasteiger partial charge in [0.2, 0.25) is 0 Å². The standard InChI is InChI=1S/C63H46N2/c1-63(2)56-34-16-13-33-54(56)62-57(63)35-20-38-61(62)65(58-36-17-14-31-52(58)51-30-12-11-29-50(51)49-28-10-9-27-48(49)43-21-5-3-6-22-43)47-26-19-23-44(41-47)45-39-40-60-55(42-45)53-32-15-18-37-59(53)64(60)46-24-7-4-8-25-46/h3-42H,1-2H3. The molecule has 11 aromatic rings. The van der Waals surface area contributed by atoms with Crippen LogP contribution in [0.5, 0.6) is 0 Å². The van der Waals surface area contributed by atoms with Gasteiger partial charge in [-0.2, -0.15) is 0 Å². The van der Waals surface area contributed by atoms with E-state index in [2.05, 4.69) is 266 Å². The first kappa shape index (κ1) is 38.5. The van der Waals surface area contributed by atoms with Gasteiger partial charge in [-0.25, -0.2) is 0 Å². The lowest BCUT2D eigenvalue weighted by atomic mass is 9.82. The molecule has 0 bridgehead atoms. The summed E-state index contributed by atoms with van der Waals surface area (Å²) in [7, 11) is 0. The van der Waals surface area contributed by atoms with Crippen molar-refractivity contribution >= 4 is 38.9 Å². The van der Waals surface area contributed by atoms with Gasteiger partial charge in [0.25, 0.3) is 0 Å². The van der Waals surface area contributed by atoms with Gasteiger partial charge in [0, 0.05) is 38.7 Å². The largest absolute Gasteiger partial charge is 0.309 e. The van der Waals surface area contributed by atoms with E-state index in [9.17, 15) is 0 Å². The van der Waals surface area contributed by atoms with Gasteiger partial charge >= 0.3 is 0 Å². The Morgan fingerprint density at radius 1 is 0.338 bits per heavy atom. The molecule has 0 N–H and O–H groups in total. The highest BCUT2D eigenvalue weighted by Gasteiger charge is 2.38. The van der Waals surface area contributed by atoms with Crippen molar-refractivity contribution in [3.63, 3.8) is 0 Å². The minimum atomic E-state index is -0.156. The van der Waals surface area contributed by atoms with Crippen LogP contribution in [0.1, 0.15) is 25.0 Å². The summed E-state index contributed by atoms with van der Waals surface area (Å²) in [5.74, 6) is 0. The van der Waals surface area contributed by atoms with Crippen LogP contribution in [-0.2, 0) is 5.41 Å². The van der Waals surface area contributed by atoms with E-state index >= 15 is 0 Å². The number of nitrogens with zero attached hydrogens (tertiary/aromatic N) is 2. The van der Waals surface area contributed by atoms with Crippen molar-refractivity contribution in [3.05, 3.63) is 254 Å². The molecule has 10 aromatic carbocycles. The van der Waals surface area contributed by atoms with Crippen molar-refractivity contribution in [2.24, 2.45) is 0 Å². The maximum atomic E-state index is 2.52. The fourth-order valence-corrected chi connectivity index (χ4v) is 10.6. The summed E-state index contributed by atoms with van der Waals surface area (Å²) >= 11 is 0. The van der Waals surface area contributed by atoms with Crippen molar-refractivity contribution in [2.75, 3.05) is 4.90 Å². The van der Waals surface area contributed by atoms with Crippen molar-refractivity contribution in [1.82, 2.24) is 4.57 Å². The monoisotopic (exact) mass is 830 g/mol. The highest BCUT2D eigenvalue weighted by molar-refractivity contribution is 6.10. The van der Waals surface area contributed by atoms with Crippen LogP contribution in [0.4, 0.5) is 17.1 Å². The molecule has 0 unspecified atom stereocenters. The number of anilines is 3. The smallest absolute Gasteiger partial charge is 0.0543 e. The van der Waals surface area contributed by atoms with Crippen LogP contribution in [0.2, 0.25) is 0 Å². The van der Waals surface area contributed by atoms with E-state index in [-0.39, 0.29) is 5.41 Å². The number of hydrogen-bond donors (Lipinski definition) is 0. The predicted octanol–water partition coefficient (Wildman–Crippen LogP) is 17.2. The van der Waals surface area contributed by atoms with Crippen LogP contribution in [0.15, 0.2) is 243 Å². The molecule has 0 atom stereocenters. The van der Waals surface area contributed by atoms with Crippen LogP contribution >= 0.6 is 0 Å².